The number of carbonyl (C=O) groups excluding carboxylic acids is 4. The Morgan fingerprint density at radius 2 is 1.59 bits per heavy atom. The van der Waals surface area contributed by atoms with E-state index in [2.05, 4.69) is 16.0 Å². The van der Waals surface area contributed by atoms with Crippen molar-refractivity contribution in [3.05, 3.63) is 0 Å². The summed E-state index contributed by atoms with van der Waals surface area (Å²) in [5.74, 6) is -4.58. The Hall–Kier alpha value is -2.73. The number of carboxylic acids is 1. The quantitative estimate of drug-likeness (QED) is 0.176. The van der Waals surface area contributed by atoms with Crippen molar-refractivity contribution in [1.82, 2.24) is 16.0 Å². The van der Waals surface area contributed by atoms with Gasteiger partial charge in [0.25, 0.3) is 0 Å². The van der Waals surface area contributed by atoms with Crippen LogP contribution in [0.4, 0.5) is 0 Å². The second-order valence-electron chi connectivity index (χ2n) is 6.19. The molecule has 154 valence electrons. The average molecular weight is 389 g/mol. The molecule has 0 fully saturated rings. The van der Waals surface area contributed by atoms with Gasteiger partial charge in [0, 0.05) is 6.42 Å². The molecule has 0 aliphatic rings. The molecule has 9 N–H and O–H groups in total. The fourth-order valence-corrected chi connectivity index (χ4v) is 1.84. The molecule has 0 aliphatic heterocycles. The van der Waals surface area contributed by atoms with Crippen molar-refractivity contribution < 1.29 is 34.2 Å². The van der Waals surface area contributed by atoms with Gasteiger partial charge < -0.3 is 37.6 Å². The largest absolute Gasteiger partial charge is 0.480 e. The molecule has 0 saturated heterocycles. The van der Waals surface area contributed by atoms with Crippen LogP contribution in [-0.2, 0) is 24.0 Å². The maximum absolute atomic E-state index is 12.0. The predicted molar refractivity (Wildman–Crippen MR) is 92.8 cm³/mol. The molecule has 3 atom stereocenters. The molecule has 0 aromatic carbocycles. The van der Waals surface area contributed by atoms with Crippen molar-refractivity contribution in [3.63, 3.8) is 0 Å². The topological polar surface area (TPSA) is 214 Å². The van der Waals surface area contributed by atoms with Gasteiger partial charge in [-0.25, -0.2) is 4.79 Å². The lowest BCUT2D eigenvalue weighted by molar-refractivity contribution is -0.142. The number of aliphatic hydroxyl groups is 1. The van der Waals surface area contributed by atoms with Crippen LogP contribution in [-0.4, -0.2) is 71.1 Å². The van der Waals surface area contributed by atoms with E-state index in [1.807, 2.05) is 0 Å². The van der Waals surface area contributed by atoms with E-state index in [9.17, 15) is 29.1 Å². The maximum Gasteiger partial charge on any atom is 0.326 e. The fraction of sp³-hybridized carbons (Fsp3) is 0.667. The van der Waals surface area contributed by atoms with Crippen LogP contribution in [0.15, 0.2) is 0 Å². The van der Waals surface area contributed by atoms with Crippen molar-refractivity contribution >= 4 is 29.6 Å². The Kier molecular flexibility index (Phi) is 10.6. The molecule has 0 aliphatic carbocycles. The SMILES string of the molecule is CC(C)C(N)C(=O)NC(CO)C(=O)NCC(=O)NC(CCC(N)=O)C(=O)O. The lowest BCUT2D eigenvalue weighted by Crippen LogP contribution is -2.55. The van der Waals surface area contributed by atoms with Crippen LogP contribution in [0.25, 0.3) is 0 Å². The minimum atomic E-state index is -1.36. The number of carbonyl (C=O) groups is 5. The minimum Gasteiger partial charge on any atom is -0.480 e. The molecule has 0 aromatic rings. The summed E-state index contributed by atoms with van der Waals surface area (Å²) in [5, 5.41) is 24.8. The monoisotopic (exact) mass is 389 g/mol. The third-order valence-electron chi connectivity index (χ3n) is 3.57. The van der Waals surface area contributed by atoms with Gasteiger partial charge in [-0.3, -0.25) is 19.2 Å². The number of nitrogens with two attached hydrogens (primary N) is 2. The summed E-state index contributed by atoms with van der Waals surface area (Å²) >= 11 is 0. The fourth-order valence-electron chi connectivity index (χ4n) is 1.84. The van der Waals surface area contributed by atoms with Gasteiger partial charge in [0.2, 0.25) is 23.6 Å². The number of rotatable bonds is 12. The Morgan fingerprint density at radius 3 is 2.04 bits per heavy atom. The maximum atomic E-state index is 12.0. The van der Waals surface area contributed by atoms with Crippen molar-refractivity contribution in [2.45, 2.75) is 44.8 Å². The first-order valence-corrected chi connectivity index (χ1v) is 8.24. The van der Waals surface area contributed by atoms with Gasteiger partial charge in [-0.05, 0) is 12.3 Å². The highest BCUT2D eigenvalue weighted by molar-refractivity contribution is 5.92. The summed E-state index contributed by atoms with van der Waals surface area (Å²) in [6.45, 7) is 2.10. The molecular weight excluding hydrogens is 362 g/mol. The van der Waals surface area contributed by atoms with Gasteiger partial charge in [0.05, 0.1) is 19.2 Å². The molecule has 0 saturated carbocycles. The summed E-state index contributed by atoms with van der Waals surface area (Å²) in [6, 6.07) is -3.55. The highest BCUT2D eigenvalue weighted by atomic mass is 16.4. The van der Waals surface area contributed by atoms with E-state index in [1.54, 1.807) is 13.8 Å². The third kappa shape index (κ3) is 9.51. The molecule has 0 radical (unpaired) electrons. The normalized spacial score (nSPS) is 14.0. The van der Waals surface area contributed by atoms with Crippen LogP contribution < -0.4 is 27.4 Å². The Bertz CT molecular complexity index is 567. The zero-order valence-corrected chi connectivity index (χ0v) is 15.2. The smallest absolute Gasteiger partial charge is 0.326 e. The van der Waals surface area contributed by atoms with E-state index in [0.29, 0.717) is 0 Å². The first-order chi connectivity index (χ1) is 12.5. The van der Waals surface area contributed by atoms with Gasteiger partial charge in [-0.2, -0.15) is 0 Å². The highest BCUT2D eigenvalue weighted by Gasteiger charge is 2.25. The first-order valence-electron chi connectivity index (χ1n) is 8.24. The summed E-state index contributed by atoms with van der Waals surface area (Å²) in [7, 11) is 0. The van der Waals surface area contributed by atoms with Gasteiger partial charge in [0.15, 0.2) is 0 Å². The van der Waals surface area contributed by atoms with Gasteiger partial charge in [0.1, 0.15) is 12.1 Å². The third-order valence-corrected chi connectivity index (χ3v) is 3.57. The van der Waals surface area contributed by atoms with E-state index in [4.69, 9.17) is 16.6 Å². The number of carboxylic acid groups (broad SMARTS) is 1. The molecule has 0 bridgehead atoms. The van der Waals surface area contributed by atoms with Gasteiger partial charge in [-0.15, -0.1) is 0 Å². The van der Waals surface area contributed by atoms with Crippen LogP contribution in [0.2, 0.25) is 0 Å². The summed E-state index contributed by atoms with van der Waals surface area (Å²) in [4.78, 5) is 57.3. The molecule has 0 rings (SSSR count). The Balaban J connectivity index is 4.58. The van der Waals surface area contributed by atoms with Gasteiger partial charge in [-0.1, -0.05) is 13.8 Å². The predicted octanol–water partition coefficient (Wildman–Crippen LogP) is -3.60. The average Bonchev–Trinajstić information content (AvgIpc) is 2.59. The molecule has 0 heterocycles. The van der Waals surface area contributed by atoms with Crippen molar-refractivity contribution in [2.75, 3.05) is 13.2 Å². The number of primary amides is 1. The first kappa shape index (κ1) is 24.3. The second kappa shape index (κ2) is 11.8. The molecule has 3 unspecified atom stereocenters. The number of hydrogen-bond donors (Lipinski definition) is 7. The zero-order chi connectivity index (χ0) is 21.1. The van der Waals surface area contributed by atoms with E-state index >= 15 is 0 Å². The van der Waals surface area contributed by atoms with Crippen LogP contribution >= 0.6 is 0 Å². The van der Waals surface area contributed by atoms with Crippen molar-refractivity contribution in [3.8, 4) is 0 Å². The lowest BCUT2D eigenvalue weighted by atomic mass is 10.0. The highest BCUT2D eigenvalue weighted by Crippen LogP contribution is 1.99. The molecular formula is C15H27N5O7. The van der Waals surface area contributed by atoms with Crippen LogP contribution in [0.5, 0.6) is 0 Å². The van der Waals surface area contributed by atoms with E-state index in [-0.39, 0.29) is 18.8 Å². The zero-order valence-electron chi connectivity index (χ0n) is 15.2. The number of aliphatic carboxylic acids is 1. The molecule has 0 aromatic heterocycles. The van der Waals surface area contributed by atoms with E-state index in [1.165, 1.54) is 0 Å². The Labute approximate surface area is 156 Å². The molecule has 27 heavy (non-hydrogen) atoms. The van der Waals surface area contributed by atoms with E-state index in [0.717, 1.165) is 0 Å². The van der Waals surface area contributed by atoms with Crippen LogP contribution in [0.1, 0.15) is 26.7 Å². The number of amides is 4. The second-order valence-corrected chi connectivity index (χ2v) is 6.19. The van der Waals surface area contributed by atoms with Crippen molar-refractivity contribution in [2.24, 2.45) is 17.4 Å². The molecule has 12 heteroatoms. The molecule has 0 spiro atoms. The van der Waals surface area contributed by atoms with E-state index < -0.39 is 60.9 Å². The summed E-state index contributed by atoms with van der Waals surface area (Å²) < 4.78 is 0. The molecule has 4 amide bonds. The standard InChI is InChI=1S/C15H27N5O7/c1-7(2)12(17)14(25)20-9(6-21)13(24)18-5-11(23)19-8(15(26)27)3-4-10(16)22/h7-9,12,21H,3-6,17H2,1-2H3,(H2,16,22)(H,18,24)(H,19,23)(H,20,25)(H,26,27). The number of hydrogen-bond acceptors (Lipinski definition) is 7. The lowest BCUT2D eigenvalue weighted by Gasteiger charge is -2.20. The number of nitrogens with one attached hydrogen (secondary N) is 3. The van der Waals surface area contributed by atoms with Crippen LogP contribution in [0.3, 0.4) is 0 Å². The Morgan fingerprint density at radius 1 is 1.00 bits per heavy atom. The summed E-state index contributed by atoms with van der Waals surface area (Å²) in [5.41, 5.74) is 10.6. The molecule has 12 nitrogen and oxygen atoms in total. The minimum absolute atomic E-state index is 0.188. The number of aliphatic hydroxyl groups excluding tert-OH is 1. The summed E-state index contributed by atoms with van der Waals surface area (Å²) in [6.07, 6.45) is -0.439. The van der Waals surface area contributed by atoms with Gasteiger partial charge >= 0.3 is 5.97 Å². The van der Waals surface area contributed by atoms with Crippen LogP contribution in [0, 0.1) is 5.92 Å². The van der Waals surface area contributed by atoms with Crippen molar-refractivity contribution in [1.29, 1.82) is 0 Å².